The van der Waals surface area contributed by atoms with Crippen LogP contribution in [0.1, 0.15) is 0 Å². The second-order valence-electron chi connectivity index (χ2n) is 5.34. The van der Waals surface area contributed by atoms with Gasteiger partial charge in [0.1, 0.15) is 18.1 Å². The zero-order chi connectivity index (χ0) is 16.4. The van der Waals surface area contributed by atoms with Crippen molar-refractivity contribution in [2.24, 2.45) is 0 Å². The number of nitrogens with zero attached hydrogens (tertiary/aromatic N) is 3. The van der Waals surface area contributed by atoms with Crippen molar-refractivity contribution in [3.05, 3.63) is 49.1 Å². The summed E-state index contributed by atoms with van der Waals surface area (Å²) in [5.74, 6) is 0.700. The number of rotatable bonds is 5. The number of pyridine rings is 3. The lowest BCUT2D eigenvalue weighted by atomic mass is 10.2. The van der Waals surface area contributed by atoms with E-state index in [2.05, 4.69) is 30.6 Å². The summed E-state index contributed by atoms with van der Waals surface area (Å²) in [5, 5.41) is 8.25. The van der Waals surface area contributed by atoms with E-state index in [1.165, 1.54) is 0 Å². The minimum absolute atomic E-state index is 0.262. The van der Waals surface area contributed by atoms with Gasteiger partial charge in [-0.15, -0.1) is 0 Å². The summed E-state index contributed by atoms with van der Waals surface area (Å²) in [6.07, 6.45) is 6.93. The van der Waals surface area contributed by atoms with E-state index < -0.39 is 6.67 Å². The largest absolute Gasteiger partial charge is 0.381 e. The number of hydrogen-bond acceptors (Lipinski definition) is 5. The van der Waals surface area contributed by atoms with Crippen molar-refractivity contribution in [2.75, 3.05) is 23.9 Å². The highest BCUT2D eigenvalue weighted by molar-refractivity contribution is 6.05. The normalized spacial score (nSPS) is 11.0. The van der Waals surface area contributed by atoms with Crippen molar-refractivity contribution in [1.29, 1.82) is 0 Å². The minimum Gasteiger partial charge on any atom is -0.381 e. The highest BCUT2D eigenvalue weighted by atomic mass is 19.1. The van der Waals surface area contributed by atoms with Gasteiger partial charge in [-0.05, 0) is 24.3 Å². The number of aromatic nitrogens is 4. The molecule has 3 N–H and O–H groups in total. The number of fused-ring (bicyclic) bond motifs is 3. The third-order valence-electron chi connectivity index (χ3n) is 3.69. The lowest BCUT2D eigenvalue weighted by molar-refractivity contribution is 0.512. The van der Waals surface area contributed by atoms with Crippen molar-refractivity contribution in [1.82, 2.24) is 19.9 Å². The van der Waals surface area contributed by atoms with Gasteiger partial charge in [-0.3, -0.25) is 9.97 Å². The summed E-state index contributed by atoms with van der Waals surface area (Å²) >= 11 is 0. The van der Waals surface area contributed by atoms with Gasteiger partial charge in [0.05, 0.1) is 29.3 Å². The number of H-pyrrole nitrogens is 1. The first-order valence-corrected chi connectivity index (χ1v) is 7.58. The zero-order valence-electron chi connectivity index (χ0n) is 12.8. The van der Waals surface area contributed by atoms with Crippen molar-refractivity contribution in [3.63, 3.8) is 0 Å². The molecule has 7 heteroatoms. The average molecular weight is 322 g/mol. The summed E-state index contributed by atoms with van der Waals surface area (Å²) in [4.78, 5) is 16.2. The maximum absolute atomic E-state index is 12.2. The molecular weight excluding hydrogens is 307 g/mol. The lowest BCUT2D eigenvalue weighted by Gasteiger charge is -2.08. The molecule has 6 nitrogen and oxygen atoms in total. The molecule has 4 heterocycles. The Morgan fingerprint density at radius 3 is 2.83 bits per heavy atom. The molecule has 0 amide bonds. The van der Waals surface area contributed by atoms with Crippen molar-refractivity contribution in [2.45, 2.75) is 0 Å². The zero-order valence-corrected chi connectivity index (χ0v) is 12.8. The Morgan fingerprint density at radius 2 is 1.92 bits per heavy atom. The number of anilines is 3. The molecule has 0 aliphatic rings. The molecular formula is C17H15FN6. The third kappa shape index (κ3) is 2.71. The van der Waals surface area contributed by atoms with E-state index >= 15 is 0 Å². The molecule has 0 spiro atoms. The Balaban J connectivity index is 1.63. The van der Waals surface area contributed by atoms with Crippen LogP contribution < -0.4 is 10.6 Å². The van der Waals surface area contributed by atoms with Gasteiger partial charge in [0, 0.05) is 29.7 Å². The minimum atomic E-state index is -0.425. The molecule has 0 aromatic carbocycles. The Kier molecular flexibility index (Phi) is 3.66. The molecule has 4 rings (SSSR count). The van der Waals surface area contributed by atoms with E-state index in [0.29, 0.717) is 5.82 Å². The molecule has 0 saturated heterocycles. The van der Waals surface area contributed by atoms with Gasteiger partial charge >= 0.3 is 0 Å². The van der Waals surface area contributed by atoms with E-state index in [1.54, 1.807) is 18.6 Å². The van der Waals surface area contributed by atoms with Crippen LogP contribution in [0.2, 0.25) is 0 Å². The van der Waals surface area contributed by atoms with E-state index in [4.69, 9.17) is 0 Å². The fraction of sp³-hybridized carbons (Fsp3) is 0.118. The van der Waals surface area contributed by atoms with Gasteiger partial charge in [0.2, 0.25) is 0 Å². The summed E-state index contributed by atoms with van der Waals surface area (Å²) in [6, 6.07) is 7.70. The SMILES string of the molecule is FCCNc1cncc(Nc2ccc3c(n2)[nH]c2ccncc23)c1. The molecule has 0 aliphatic carbocycles. The third-order valence-corrected chi connectivity index (χ3v) is 3.69. The molecule has 4 aromatic rings. The quantitative estimate of drug-likeness (QED) is 0.523. The van der Waals surface area contributed by atoms with E-state index in [1.807, 2.05) is 30.5 Å². The molecule has 4 aromatic heterocycles. The monoisotopic (exact) mass is 322 g/mol. The Labute approximate surface area is 137 Å². The molecule has 24 heavy (non-hydrogen) atoms. The fourth-order valence-electron chi connectivity index (χ4n) is 2.63. The van der Waals surface area contributed by atoms with Crippen molar-refractivity contribution >= 4 is 39.1 Å². The number of nitrogens with one attached hydrogen (secondary N) is 3. The average Bonchev–Trinajstić information content (AvgIpc) is 2.98. The highest BCUT2D eigenvalue weighted by Gasteiger charge is 2.06. The van der Waals surface area contributed by atoms with Gasteiger partial charge in [0.15, 0.2) is 0 Å². The maximum atomic E-state index is 12.2. The van der Waals surface area contributed by atoms with E-state index in [9.17, 15) is 4.39 Å². The first kappa shape index (κ1) is 14.4. The second-order valence-corrected chi connectivity index (χ2v) is 5.34. The molecule has 0 fully saturated rings. The van der Waals surface area contributed by atoms with Gasteiger partial charge in [0.25, 0.3) is 0 Å². The molecule has 0 atom stereocenters. The van der Waals surface area contributed by atoms with Gasteiger partial charge in [-0.25, -0.2) is 9.37 Å². The van der Waals surface area contributed by atoms with Crippen molar-refractivity contribution < 1.29 is 4.39 Å². The van der Waals surface area contributed by atoms with E-state index in [0.717, 1.165) is 33.3 Å². The number of halogens is 1. The number of hydrogen-bond donors (Lipinski definition) is 3. The van der Waals surface area contributed by atoms with Crippen LogP contribution in [0.5, 0.6) is 0 Å². The van der Waals surface area contributed by atoms with Gasteiger partial charge in [-0.2, -0.15) is 0 Å². The van der Waals surface area contributed by atoms with E-state index in [-0.39, 0.29) is 6.54 Å². The summed E-state index contributed by atoms with van der Waals surface area (Å²) in [7, 11) is 0. The molecule has 0 unspecified atom stereocenters. The topological polar surface area (TPSA) is 78.5 Å². The van der Waals surface area contributed by atoms with Crippen LogP contribution in [0.25, 0.3) is 21.9 Å². The Bertz CT molecular complexity index is 997. The smallest absolute Gasteiger partial charge is 0.140 e. The van der Waals surface area contributed by atoms with Crippen LogP contribution in [-0.4, -0.2) is 33.2 Å². The predicted molar refractivity (Wildman–Crippen MR) is 93.4 cm³/mol. The summed E-state index contributed by atoms with van der Waals surface area (Å²) < 4.78 is 12.2. The predicted octanol–water partition coefficient (Wildman–Crippen LogP) is 3.63. The summed E-state index contributed by atoms with van der Waals surface area (Å²) in [5.41, 5.74) is 3.34. The fourth-order valence-corrected chi connectivity index (χ4v) is 2.63. The maximum Gasteiger partial charge on any atom is 0.140 e. The first-order chi connectivity index (χ1) is 11.8. The molecule has 0 aliphatic heterocycles. The van der Waals surface area contributed by atoms with Gasteiger partial charge in [-0.1, -0.05) is 0 Å². The molecule has 120 valence electrons. The van der Waals surface area contributed by atoms with Crippen LogP contribution in [0.15, 0.2) is 49.1 Å². The molecule has 0 bridgehead atoms. The van der Waals surface area contributed by atoms with Crippen molar-refractivity contribution in [3.8, 4) is 0 Å². The molecule has 0 radical (unpaired) electrons. The van der Waals surface area contributed by atoms with Crippen LogP contribution in [0.3, 0.4) is 0 Å². The standard InChI is InChI=1S/C17H15FN6/c18-4-6-21-11-7-12(9-20-8-11)22-16-2-1-13-14-10-19-5-3-15(14)23-17(13)24-16/h1-3,5,7-10,21H,4,6H2,(H2,22,23,24). The number of aromatic amines is 1. The Hall–Kier alpha value is -3.22. The van der Waals surface area contributed by atoms with Crippen LogP contribution in [-0.2, 0) is 0 Å². The van der Waals surface area contributed by atoms with Crippen LogP contribution in [0, 0.1) is 0 Å². The summed E-state index contributed by atoms with van der Waals surface area (Å²) in [6.45, 7) is -0.163. The van der Waals surface area contributed by atoms with Crippen LogP contribution in [0.4, 0.5) is 21.6 Å². The first-order valence-electron chi connectivity index (χ1n) is 7.58. The highest BCUT2D eigenvalue weighted by Crippen LogP contribution is 2.25. The number of alkyl halides is 1. The molecule has 0 saturated carbocycles. The van der Waals surface area contributed by atoms with Gasteiger partial charge < -0.3 is 15.6 Å². The lowest BCUT2D eigenvalue weighted by Crippen LogP contribution is -2.03. The van der Waals surface area contributed by atoms with Crippen LogP contribution >= 0.6 is 0 Å². The Morgan fingerprint density at radius 1 is 1.00 bits per heavy atom. The second kappa shape index (κ2) is 6.11.